The third kappa shape index (κ3) is 14.4. The van der Waals surface area contributed by atoms with Gasteiger partial charge in [-0.25, -0.2) is 0 Å². The van der Waals surface area contributed by atoms with Crippen LogP contribution in [0.25, 0.3) is 0 Å². The van der Waals surface area contributed by atoms with Gasteiger partial charge in [0.05, 0.1) is 0 Å². The number of hydrogen-bond donors (Lipinski definition) is 2. The maximum absolute atomic E-state index is 11.1. The van der Waals surface area contributed by atoms with Gasteiger partial charge in [0, 0.05) is 70.0 Å². The second-order valence-corrected chi connectivity index (χ2v) is 16.1. The van der Waals surface area contributed by atoms with Crippen LogP contribution in [0.2, 0.25) is 0 Å². The van der Waals surface area contributed by atoms with Crippen LogP contribution in [0.3, 0.4) is 0 Å². The van der Waals surface area contributed by atoms with Crippen molar-refractivity contribution in [1.82, 2.24) is 0 Å². The van der Waals surface area contributed by atoms with Gasteiger partial charge < -0.3 is 10.2 Å². The molecule has 4 nitrogen and oxygen atoms in total. The van der Waals surface area contributed by atoms with Crippen molar-refractivity contribution >= 4 is 12.4 Å². The fourth-order valence-electron chi connectivity index (χ4n) is 6.02. The summed E-state index contributed by atoms with van der Waals surface area (Å²) in [7, 11) is 0. The Hall–Kier alpha value is -4.28. The lowest BCUT2D eigenvalue weighted by atomic mass is 9.84. The van der Waals surface area contributed by atoms with E-state index in [1.807, 2.05) is 48.5 Å². The fraction of sp³-hybridized carbons (Fsp3) is 0.500. The Morgan fingerprint density at radius 3 is 1.15 bits per heavy atom. The Morgan fingerprint density at radius 1 is 0.481 bits per heavy atom. The van der Waals surface area contributed by atoms with Crippen molar-refractivity contribution in [3.8, 4) is 35.2 Å². The van der Waals surface area contributed by atoms with Crippen molar-refractivity contribution in [2.24, 2.45) is 9.98 Å². The van der Waals surface area contributed by atoms with Crippen LogP contribution >= 0.6 is 0 Å². The predicted molar refractivity (Wildman–Crippen MR) is 224 cm³/mol. The molecule has 2 N–H and O–H groups in total. The van der Waals surface area contributed by atoms with Crippen molar-refractivity contribution in [2.45, 2.75) is 143 Å². The average Bonchev–Trinajstić information content (AvgIpc) is 3.10. The van der Waals surface area contributed by atoms with E-state index in [1.54, 1.807) is 12.4 Å². The zero-order chi connectivity index (χ0) is 38.0. The summed E-state index contributed by atoms with van der Waals surface area (Å²) in [6.45, 7) is 18.6. The van der Waals surface area contributed by atoms with Crippen LogP contribution in [0.1, 0.15) is 177 Å². The highest BCUT2D eigenvalue weighted by Gasteiger charge is 2.22. The molecule has 0 saturated carbocycles. The molecule has 0 aromatic heterocycles. The summed E-state index contributed by atoms with van der Waals surface area (Å²) in [4.78, 5) is 9.29. The molecule has 0 aliphatic carbocycles. The molecule has 0 radical (unpaired) electrons. The first-order chi connectivity index (χ1) is 24.8. The molecule has 0 fully saturated rings. The highest BCUT2D eigenvalue weighted by molar-refractivity contribution is 5.86. The molecule has 3 rings (SSSR count). The van der Waals surface area contributed by atoms with E-state index >= 15 is 0 Å². The van der Waals surface area contributed by atoms with Crippen LogP contribution < -0.4 is 0 Å². The summed E-state index contributed by atoms with van der Waals surface area (Å²) in [6, 6.07) is 15.8. The quantitative estimate of drug-likeness (QED) is 0.0887. The number of phenols is 2. The summed E-state index contributed by atoms with van der Waals surface area (Å²) in [5, 5.41) is 22.2. The smallest absolute Gasteiger partial charge is 0.128 e. The van der Waals surface area contributed by atoms with E-state index in [4.69, 9.17) is 0 Å². The standard InChI is InChI=1S/C48H64N2O2/c1-9-11-13-15-17-19-29-49-35-41-31-39(33-43(45(41)51)47(3,4)5)27-25-37-21-23-38(24-22-37)26-28-40-32-42(46(52)44(34-40)48(6,7)8)36-50-30-20-18-16-14-12-10-2/h21-24,31-36,51-52H,9-20,29-30H2,1-8H3. The molecule has 0 bridgehead atoms. The van der Waals surface area contributed by atoms with E-state index in [-0.39, 0.29) is 22.3 Å². The van der Waals surface area contributed by atoms with E-state index in [2.05, 4.69) is 89.1 Å². The Balaban J connectivity index is 1.76. The third-order valence-corrected chi connectivity index (χ3v) is 9.22. The summed E-state index contributed by atoms with van der Waals surface area (Å²) < 4.78 is 0. The molecule has 0 aliphatic rings. The van der Waals surface area contributed by atoms with Crippen LogP contribution in [-0.4, -0.2) is 35.7 Å². The molecular weight excluding hydrogens is 637 g/mol. The van der Waals surface area contributed by atoms with Crippen molar-refractivity contribution in [2.75, 3.05) is 13.1 Å². The lowest BCUT2D eigenvalue weighted by molar-refractivity contribution is 0.445. The van der Waals surface area contributed by atoms with Gasteiger partial charge in [0.15, 0.2) is 0 Å². The molecule has 52 heavy (non-hydrogen) atoms. The first-order valence-corrected chi connectivity index (χ1v) is 19.7. The predicted octanol–water partition coefficient (Wildman–Crippen LogP) is 12.1. The molecule has 0 heterocycles. The van der Waals surface area contributed by atoms with Crippen molar-refractivity contribution in [3.05, 3.63) is 93.0 Å². The molecule has 3 aromatic carbocycles. The third-order valence-electron chi connectivity index (χ3n) is 9.22. The molecule has 3 aromatic rings. The van der Waals surface area contributed by atoms with E-state index in [0.29, 0.717) is 11.1 Å². The van der Waals surface area contributed by atoms with Gasteiger partial charge in [0.1, 0.15) is 11.5 Å². The minimum atomic E-state index is -0.240. The largest absolute Gasteiger partial charge is 0.507 e. The molecule has 0 amide bonds. The number of hydrogen-bond acceptors (Lipinski definition) is 4. The molecule has 0 spiro atoms. The zero-order valence-electron chi connectivity index (χ0n) is 33.5. The zero-order valence-corrected chi connectivity index (χ0v) is 33.5. The van der Waals surface area contributed by atoms with E-state index in [0.717, 1.165) is 59.3 Å². The fourth-order valence-corrected chi connectivity index (χ4v) is 6.02. The topological polar surface area (TPSA) is 65.2 Å². The van der Waals surface area contributed by atoms with Gasteiger partial charge in [0.2, 0.25) is 0 Å². The molecule has 0 saturated heterocycles. The molecular formula is C48H64N2O2. The van der Waals surface area contributed by atoms with Gasteiger partial charge in [-0.3, -0.25) is 9.98 Å². The number of aliphatic imine (C=N–C) groups is 2. The monoisotopic (exact) mass is 700 g/mol. The lowest BCUT2D eigenvalue weighted by Gasteiger charge is -2.22. The number of unbranched alkanes of at least 4 members (excludes halogenated alkanes) is 10. The Labute approximate surface area is 316 Å². The summed E-state index contributed by atoms with van der Waals surface area (Å²) in [5.41, 5.74) is 6.14. The van der Waals surface area contributed by atoms with E-state index in [9.17, 15) is 10.2 Å². The second-order valence-electron chi connectivity index (χ2n) is 16.1. The number of benzene rings is 3. The SMILES string of the molecule is CCCCCCCCN=Cc1cc(C#Cc2ccc(C#Cc3cc(C=NCCCCCCCC)c(O)c(C(C)(C)C)c3)cc2)cc(C(C)(C)C)c1O. The normalized spacial score (nSPS) is 11.8. The lowest BCUT2D eigenvalue weighted by Crippen LogP contribution is -2.12. The Kier molecular flexibility index (Phi) is 17.3. The van der Waals surface area contributed by atoms with E-state index in [1.165, 1.54) is 64.2 Å². The van der Waals surface area contributed by atoms with Gasteiger partial charge >= 0.3 is 0 Å². The highest BCUT2D eigenvalue weighted by atomic mass is 16.3. The molecule has 0 atom stereocenters. The summed E-state index contributed by atoms with van der Waals surface area (Å²) in [6.07, 6.45) is 18.3. The minimum absolute atomic E-state index is 0.240. The minimum Gasteiger partial charge on any atom is -0.507 e. The summed E-state index contributed by atoms with van der Waals surface area (Å²) >= 11 is 0. The van der Waals surface area contributed by atoms with Gasteiger partial charge in [-0.1, -0.05) is 143 Å². The van der Waals surface area contributed by atoms with Crippen LogP contribution in [0.15, 0.2) is 58.5 Å². The van der Waals surface area contributed by atoms with Crippen LogP contribution in [0.4, 0.5) is 0 Å². The van der Waals surface area contributed by atoms with Crippen molar-refractivity contribution in [3.63, 3.8) is 0 Å². The molecule has 4 heteroatoms. The van der Waals surface area contributed by atoms with Gasteiger partial charge in [-0.15, -0.1) is 0 Å². The first kappa shape index (κ1) is 42.1. The second kappa shape index (κ2) is 21.3. The number of rotatable bonds is 16. The first-order valence-electron chi connectivity index (χ1n) is 19.7. The van der Waals surface area contributed by atoms with Crippen molar-refractivity contribution in [1.29, 1.82) is 0 Å². The Bertz CT molecular complexity index is 1610. The van der Waals surface area contributed by atoms with Crippen molar-refractivity contribution < 1.29 is 10.2 Å². The van der Waals surface area contributed by atoms with Crippen LogP contribution in [0, 0.1) is 23.7 Å². The maximum atomic E-state index is 11.1. The average molecular weight is 701 g/mol. The number of aromatic hydroxyl groups is 2. The van der Waals surface area contributed by atoms with Gasteiger partial charge in [-0.05, 0) is 72.2 Å². The molecule has 0 unspecified atom stereocenters. The molecule has 0 aliphatic heterocycles. The van der Waals surface area contributed by atoms with Crippen LogP contribution in [0.5, 0.6) is 11.5 Å². The van der Waals surface area contributed by atoms with E-state index < -0.39 is 0 Å². The summed E-state index contributed by atoms with van der Waals surface area (Å²) in [5.74, 6) is 13.8. The number of phenolic OH excluding ortho intramolecular Hbond substituents is 2. The Morgan fingerprint density at radius 2 is 0.808 bits per heavy atom. The number of nitrogens with zero attached hydrogens (tertiary/aromatic N) is 2. The van der Waals surface area contributed by atoms with Gasteiger partial charge in [-0.2, -0.15) is 0 Å². The molecule has 278 valence electrons. The highest BCUT2D eigenvalue weighted by Crippen LogP contribution is 2.35. The van der Waals surface area contributed by atoms with Crippen LogP contribution in [-0.2, 0) is 10.8 Å². The maximum Gasteiger partial charge on any atom is 0.128 e. The van der Waals surface area contributed by atoms with Gasteiger partial charge in [0.25, 0.3) is 0 Å².